The monoisotopic (exact) mass is 242 g/mol. The summed E-state index contributed by atoms with van der Waals surface area (Å²) in [5, 5.41) is 3.57. The molecule has 0 saturated carbocycles. The molecule has 104 valence electrons. The van der Waals surface area contributed by atoms with Gasteiger partial charge in [-0.1, -0.05) is 41.5 Å². The lowest BCUT2D eigenvalue weighted by atomic mass is 9.80. The van der Waals surface area contributed by atoms with Crippen molar-refractivity contribution < 1.29 is 0 Å². The molecule has 0 heterocycles. The smallest absolute Gasteiger partial charge is 0.000687 e. The summed E-state index contributed by atoms with van der Waals surface area (Å²) in [7, 11) is 0. The summed E-state index contributed by atoms with van der Waals surface area (Å²) in [6.45, 7) is 19.7. The summed E-state index contributed by atoms with van der Waals surface area (Å²) in [4.78, 5) is 2.49. The van der Waals surface area contributed by atoms with Crippen molar-refractivity contribution in [3.05, 3.63) is 0 Å². The van der Waals surface area contributed by atoms with E-state index in [-0.39, 0.29) is 0 Å². The SMILES string of the molecule is CCN(CC)CCCNCCC(C)C(C)(C)C. The van der Waals surface area contributed by atoms with Gasteiger partial charge in [0.1, 0.15) is 0 Å². The Morgan fingerprint density at radius 1 is 1.06 bits per heavy atom. The fraction of sp³-hybridized carbons (Fsp3) is 1.00. The van der Waals surface area contributed by atoms with E-state index in [4.69, 9.17) is 0 Å². The molecule has 0 aliphatic rings. The second kappa shape index (κ2) is 8.93. The Hall–Kier alpha value is -0.0800. The van der Waals surface area contributed by atoms with Gasteiger partial charge in [0.2, 0.25) is 0 Å². The van der Waals surface area contributed by atoms with Gasteiger partial charge in [-0.05, 0) is 56.9 Å². The maximum Gasteiger partial charge on any atom is -0.000687 e. The molecule has 0 aliphatic carbocycles. The molecule has 0 bridgehead atoms. The molecule has 2 nitrogen and oxygen atoms in total. The van der Waals surface area contributed by atoms with Gasteiger partial charge >= 0.3 is 0 Å². The second-order valence-corrected chi connectivity index (χ2v) is 6.19. The highest BCUT2D eigenvalue weighted by molar-refractivity contribution is 4.70. The zero-order valence-corrected chi connectivity index (χ0v) is 13.0. The predicted molar refractivity (Wildman–Crippen MR) is 78.5 cm³/mol. The van der Waals surface area contributed by atoms with Crippen LogP contribution in [0.4, 0.5) is 0 Å². The molecule has 0 spiro atoms. The van der Waals surface area contributed by atoms with E-state index in [9.17, 15) is 0 Å². The molecule has 0 aromatic heterocycles. The van der Waals surface area contributed by atoms with E-state index in [0.29, 0.717) is 5.41 Å². The van der Waals surface area contributed by atoms with Crippen molar-refractivity contribution in [3.63, 3.8) is 0 Å². The number of hydrogen-bond acceptors (Lipinski definition) is 2. The van der Waals surface area contributed by atoms with Crippen LogP contribution in [0.1, 0.15) is 54.4 Å². The van der Waals surface area contributed by atoms with E-state index in [1.54, 1.807) is 0 Å². The van der Waals surface area contributed by atoms with E-state index in [0.717, 1.165) is 19.0 Å². The van der Waals surface area contributed by atoms with Gasteiger partial charge in [-0.25, -0.2) is 0 Å². The highest BCUT2D eigenvalue weighted by Gasteiger charge is 2.18. The zero-order chi connectivity index (χ0) is 13.3. The standard InChI is InChI=1S/C15H34N2/c1-7-17(8-2)13-9-11-16-12-10-14(3)15(4,5)6/h14,16H,7-13H2,1-6H3. The van der Waals surface area contributed by atoms with E-state index in [2.05, 4.69) is 51.8 Å². The maximum atomic E-state index is 3.57. The lowest BCUT2D eigenvalue weighted by Crippen LogP contribution is -2.28. The minimum Gasteiger partial charge on any atom is -0.317 e. The van der Waals surface area contributed by atoms with Crippen LogP contribution in [0.2, 0.25) is 0 Å². The molecule has 0 aliphatic heterocycles. The normalized spacial score (nSPS) is 14.3. The fourth-order valence-corrected chi connectivity index (χ4v) is 1.84. The van der Waals surface area contributed by atoms with Gasteiger partial charge in [-0.15, -0.1) is 0 Å². The van der Waals surface area contributed by atoms with Crippen LogP contribution in [0.15, 0.2) is 0 Å². The topological polar surface area (TPSA) is 15.3 Å². The van der Waals surface area contributed by atoms with Gasteiger partial charge in [0, 0.05) is 0 Å². The first-order valence-corrected chi connectivity index (χ1v) is 7.34. The molecule has 1 atom stereocenters. The van der Waals surface area contributed by atoms with Crippen LogP contribution in [0.5, 0.6) is 0 Å². The highest BCUT2D eigenvalue weighted by atomic mass is 15.1. The molecule has 1 unspecified atom stereocenters. The van der Waals surface area contributed by atoms with E-state index < -0.39 is 0 Å². The van der Waals surface area contributed by atoms with E-state index in [1.807, 2.05) is 0 Å². The minimum atomic E-state index is 0.447. The molecule has 0 saturated heterocycles. The number of nitrogens with zero attached hydrogens (tertiary/aromatic N) is 1. The lowest BCUT2D eigenvalue weighted by molar-refractivity contribution is 0.243. The summed E-state index contributed by atoms with van der Waals surface area (Å²) < 4.78 is 0. The molecule has 0 rings (SSSR count). The van der Waals surface area contributed by atoms with Crippen molar-refractivity contribution in [3.8, 4) is 0 Å². The molecular formula is C15H34N2. The van der Waals surface area contributed by atoms with Crippen molar-refractivity contribution in [2.75, 3.05) is 32.7 Å². The predicted octanol–water partition coefficient (Wildman–Crippen LogP) is 3.38. The molecule has 0 radical (unpaired) electrons. The average molecular weight is 242 g/mol. The van der Waals surface area contributed by atoms with Crippen LogP contribution in [-0.2, 0) is 0 Å². The molecule has 0 fully saturated rings. The van der Waals surface area contributed by atoms with Crippen molar-refractivity contribution in [1.82, 2.24) is 10.2 Å². The Morgan fingerprint density at radius 3 is 2.12 bits per heavy atom. The third kappa shape index (κ3) is 8.62. The quantitative estimate of drug-likeness (QED) is 0.624. The van der Waals surface area contributed by atoms with Crippen LogP contribution in [0, 0.1) is 11.3 Å². The van der Waals surface area contributed by atoms with E-state index >= 15 is 0 Å². The Labute approximate surface area is 109 Å². The second-order valence-electron chi connectivity index (χ2n) is 6.19. The summed E-state index contributed by atoms with van der Waals surface area (Å²) in [6.07, 6.45) is 2.56. The summed E-state index contributed by atoms with van der Waals surface area (Å²) in [5.74, 6) is 0.790. The molecule has 17 heavy (non-hydrogen) atoms. The Balaban J connectivity index is 3.41. The Morgan fingerprint density at radius 2 is 1.65 bits per heavy atom. The lowest BCUT2D eigenvalue weighted by Gasteiger charge is -2.27. The van der Waals surface area contributed by atoms with E-state index in [1.165, 1.54) is 32.5 Å². The first kappa shape index (κ1) is 16.9. The van der Waals surface area contributed by atoms with Crippen LogP contribution < -0.4 is 5.32 Å². The first-order chi connectivity index (χ1) is 7.91. The van der Waals surface area contributed by atoms with Crippen LogP contribution >= 0.6 is 0 Å². The summed E-state index contributed by atoms with van der Waals surface area (Å²) in [6, 6.07) is 0. The summed E-state index contributed by atoms with van der Waals surface area (Å²) in [5.41, 5.74) is 0.447. The van der Waals surface area contributed by atoms with Gasteiger partial charge in [0.15, 0.2) is 0 Å². The van der Waals surface area contributed by atoms with Gasteiger partial charge in [-0.2, -0.15) is 0 Å². The fourth-order valence-electron chi connectivity index (χ4n) is 1.84. The largest absolute Gasteiger partial charge is 0.317 e. The number of rotatable bonds is 9. The van der Waals surface area contributed by atoms with Crippen molar-refractivity contribution in [2.24, 2.45) is 11.3 Å². The maximum absolute atomic E-state index is 3.57. The van der Waals surface area contributed by atoms with Crippen molar-refractivity contribution in [2.45, 2.75) is 54.4 Å². The van der Waals surface area contributed by atoms with Crippen LogP contribution in [-0.4, -0.2) is 37.6 Å². The third-order valence-corrected chi connectivity index (χ3v) is 3.95. The van der Waals surface area contributed by atoms with Crippen molar-refractivity contribution in [1.29, 1.82) is 0 Å². The van der Waals surface area contributed by atoms with Gasteiger partial charge in [0.25, 0.3) is 0 Å². The number of hydrogen-bond donors (Lipinski definition) is 1. The Kier molecular flexibility index (Phi) is 8.89. The van der Waals surface area contributed by atoms with Crippen LogP contribution in [0.25, 0.3) is 0 Å². The molecule has 2 heteroatoms. The molecular weight excluding hydrogens is 208 g/mol. The first-order valence-electron chi connectivity index (χ1n) is 7.34. The third-order valence-electron chi connectivity index (χ3n) is 3.95. The zero-order valence-electron chi connectivity index (χ0n) is 13.0. The average Bonchev–Trinajstić information content (AvgIpc) is 2.26. The molecule has 0 aromatic carbocycles. The Bertz CT molecular complexity index is 168. The van der Waals surface area contributed by atoms with Gasteiger partial charge < -0.3 is 10.2 Å². The van der Waals surface area contributed by atoms with Gasteiger partial charge in [-0.3, -0.25) is 0 Å². The van der Waals surface area contributed by atoms with Crippen molar-refractivity contribution >= 4 is 0 Å². The van der Waals surface area contributed by atoms with Gasteiger partial charge in [0.05, 0.1) is 0 Å². The highest BCUT2D eigenvalue weighted by Crippen LogP contribution is 2.27. The molecule has 0 aromatic rings. The molecule has 0 amide bonds. The number of nitrogens with one attached hydrogen (secondary N) is 1. The summed E-state index contributed by atoms with van der Waals surface area (Å²) >= 11 is 0. The minimum absolute atomic E-state index is 0.447. The van der Waals surface area contributed by atoms with Crippen LogP contribution in [0.3, 0.4) is 0 Å². The molecule has 1 N–H and O–H groups in total.